The largest absolute Gasteiger partial charge is 0.336 e. The molecule has 0 bridgehead atoms. The lowest BCUT2D eigenvalue weighted by Crippen LogP contribution is -2.36. The van der Waals surface area contributed by atoms with Gasteiger partial charge in [-0.2, -0.15) is 5.10 Å². The fourth-order valence-electron chi connectivity index (χ4n) is 2.82. The number of aromatic nitrogens is 2. The quantitative estimate of drug-likeness (QED) is 0.819. The molecule has 0 aliphatic rings. The first-order chi connectivity index (χ1) is 10.9. The standard InChI is InChI=1S/C19H27N3O/c1-14(2)22(13-17-11-20-21(5)12-17)19(23)9-8-18-7-6-15(3)10-16(18)4/h6-7,10-12,14H,8-9,13H2,1-5H3. The molecule has 0 N–H and O–H groups in total. The summed E-state index contributed by atoms with van der Waals surface area (Å²) in [6.45, 7) is 8.95. The lowest BCUT2D eigenvalue weighted by atomic mass is 10.0. The van der Waals surface area contributed by atoms with E-state index in [1.165, 1.54) is 16.7 Å². The SMILES string of the molecule is Cc1ccc(CCC(=O)N(Cc2cnn(C)c2)C(C)C)c(C)c1. The molecule has 0 aliphatic heterocycles. The molecule has 1 amide bonds. The Kier molecular flexibility index (Phi) is 5.59. The van der Waals surface area contributed by atoms with Crippen LogP contribution >= 0.6 is 0 Å². The van der Waals surface area contributed by atoms with Crippen molar-refractivity contribution in [2.45, 2.75) is 53.1 Å². The Hall–Kier alpha value is -2.10. The zero-order valence-electron chi connectivity index (χ0n) is 14.8. The highest BCUT2D eigenvalue weighted by Gasteiger charge is 2.18. The maximum atomic E-state index is 12.6. The molecule has 0 saturated carbocycles. The van der Waals surface area contributed by atoms with Crippen LogP contribution in [0, 0.1) is 13.8 Å². The number of hydrogen-bond acceptors (Lipinski definition) is 2. The van der Waals surface area contributed by atoms with Gasteiger partial charge in [0.1, 0.15) is 0 Å². The zero-order valence-corrected chi connectivity index (χ0v) is 14.8. The van der Waals surface area contributed by atoms with Crippen LogP contribution < -0.4 is 0 Å². The number of aryl methyl sites for hydroxylation is 4. The fraction of sp³-hybridized carbons (Fsp3) is 0.474. The second-order valence-electron chi connectivity index (χ2n) is 6.57. The van der Waals surface area contributed by atoms with E-state index in [9.17, 15) is 4.79 Å². The molecule has 1 aromatic heterocycles. The van der Waals surface area contributed by atoms with Gasteiger partial charge in [0.05, 0.1) is 6.20 Å². The van der Waals surface area contributed by atoms with Crippen molar-refractivity contribution in [3.63, 3.8) is 0 Å². The number of carbonyl (C=O) groups excluding carboxylic acids is 1. The normalized spacial score (nSPS) is 11.0. The van der Waals surface area contributed by atoms with Crippen molar-refractivity contribution >= 4 is 5.91 Å². The van der Waals surface area contributed by atoms with E-state index in [4.69, 9.17) is 0 Å². The summed E-state index contributed by atoms with van der Waals surface area (Å²) >= 11 is 0. The topological polar surface area (TPSA) is 38.1 Å². The molecule has 0 aliphatic carbocycles. The average molecular weight is 313 g/mol. The van der Waals surface area contributed by atoms with E-state index in [1.54, 1.807) is 4.68 Å². The molecular weight excluding hydrogens is 286 g/mol. The summed E-state index contributed by atoms with van der Waals surface area (Å²) in [6.07, 6.45) is 5.13. The van der Waals surface area contributed by atoms with E-state index in [1.807, 2.05) is 24.3 Å². The van der Waals surface area contributed by atoms with Crippen molar-refractivity contribution in [1.29, 1.82) is 0 Å². The smallest absolute Gasteiger partial charge is 0.223 e. The predicted molar refractivity (Wildman–Crippen MR) is 93.1 cm³/mol. The van der Waals surface area contributed by atoms with E-state index >= 15 is 0 Å². The zero-order chi connectivity index (χ0) is 17.0. The Bertz CT molecular complexity index is 673. The molecule has 0 radical (unpaired) electrons. The molecule has 23 heavy (non-hydrogen) atoms. The van der Waals surface area contributed by atoms with Crippen LogP contribution in [0.15, 0.2) is 30.6 Å². The van der Waals surface area contributed by atoms with Crippen molar-refractivity contribution in [3.05, 3.63) is 52.8 Å². The van der Waals surface area contributed by atoms with Crippen LogP contribution in [0.3, 0.4) is 0 Å². The molecule has 1 aromatic carbocycles. The molecule has 1 heterocycles. The van der Waals surface area contributed by atoms with E-state index in [0.717, 1.165) is 12.0 Å². The van der Waals surface area contributed by atoms with Gasteiger partial charge in [0.2, 0.25) is 5.91 Å². The summed E-state index contributed by atoms with van der Waals surface area (Å²) in [4.78, 5) is 14.6. The number of nitrogens with zero attached hydrogens (tertiary/aromatic N) is 3. The van der Waals surface area contributed by atoms with Gasteiger partial charge in [0.15, 0.2) is 0 Å². The van der Waals surface area contributed by atoms with Gasteiger partial charge in [-0.3, -0.25) is 9.48 Å². The van der Waals surface area contributed by atoms with Crippen LogP contribution in [0.2, 0.25) is 0 Å². The van der Waals surface area contributed by atoms with Gasteiger partial charge >= 0.3 is 0 Å². The molecule has 124 valence electrons. The summed E-state index contributed by atoms with van der Waals surface area (Å²) in [5.74, 6) is 0.198. The second kappa shape index (κ2) is 7.44. The van der Waals surface area contributed by atoms with Gasteiger partial charge in [0, 0.05) is 37.8 Å². The average Bonchev–Trinajstić information content (AvgIpc) is 2.88. The minimum atomic E-state index is 0.182. The van der Waals surface area contributed by atoms with Gasteiger partial charge in [-0.25, -0.2) is 0 Å². The number of rotatable bonds is 6. The summed E-state index contributed by atoms with van der Waals surface area (Å²) < 4.78 is 1.77. The number of carbonyl (C=O) groups is 1. The first-order valence-corrected chi connectivity index (χ1v) is 8.20. The highest BCUT2D eigenvalue weighted by atomic mass is 16.2. The molecule has 2 rings (SSSR count). The van der Waals surface area contributed by atoms with Crippen LogP contribution in [0.4, 0.5) is 0 Å². The number of hydrogen-bond donors (Lipinski definition) is 0. The van der Waals surface area contributed by atoms with Crippen LogP contribution in [-0.2, 0) is 24.8 Å². The summed E-state index contributed by atoms with van der Waals surface area (Å²) in [5.41, 5.74) is 4.86. The van der Waals surface area contributed by atoms with Gasteiger partial charge < -0.3 is 4.90 Å². The maximum absolute atomic E-state index is 12.6. The third-order valence-corrected chi connectivity index (χ3v) is 4.16. The molecule has 0 spiro atoms. The summed E-state index contributed by atoms with van der Waals surface area (Å²) in [6, 6.07) is 6.61. The Morgan fingerprint density at radius 1 is 1.30 bits per heavy atom. The van der Waals surface area contributed by atoms with E-state index in [0.29, 0.717) is 13.0 Å². The second-order valence-corrected chi connectivity index (χ2v) is 6.57. The Labute approximate surface area is 139 Å². The predicted octanol–water partition coefficient (Wildman–Crippen LogP) is 3.41. The minimum absolute atomic E-state index is 0.182. The molecule has 0 fully saturated rings. The fourth-order valence-corrected chi connectivity index (χ4v) is 2.82. The third kappa shape index (κ3) is 4.68. The Morgan fingerprint density at radius 3 is 2.61 bits per heavy atom. The summed E-state index contributed by atoms with van der Waals surface area (Å²) in [5, 5.41) is 4.18. The third-order valence-electron chi connectivity index (χ3n) is 4.16. The lowest BCUT2D eigenvalue weighted by Gasteiger charge is -2.26. The highest BCUT2D eigenvalue weighted by Crippen LogP contribution is 2.15. The molecule has 4 heteroatoms. The molecule has 0 unspecified atom stereocenters. The van der Waals surface area contributed by atoms with Crippen molar-refractivity contribution in [2.75, 3.05) is 0 Å². The van der Waals surface area contributed by atoms with Gasteiger partial charge in [0.25, 0.3) is 0 Å². The van der Waals surface area contributed by atoms with Crippen molar-refractivity contribution in [1.82, 2.24) is 14.7 Å². The highest BCUT2D eigenvalue weighted by molar-refractivity contribution is 5.76. The number of benzene rings is 1. The van der Waals surface area contributed by atoms with Crippen LogP contribution in [0.5, 0.6) is 0 Å². The van der Waals surface area contributed by atoms with Crippen molar-refractivity contribution in [2.24, 2.45) is 7.05 Å². The van der Waals surface area contributed by atoms with E-state index in [-0.39, 0.29) is 11.9 Å². The molecule has 4 nitrogen and oxygen atoms in total. The van der Waals surface area contributed by atoms with E-state index < -0.39 is 0 Å². The van der Waals surface area contributed by atoms with Crippen LogP contribution in [-0.4, -0.2) is 26.6 Å². The van der Waals surface area contributed by atoms with Gasteiger partial charge in [-0.1, -0.05) is 23.8 Å². The minimum Gasteiger partial charge on any atom is -0.336 e. The van der Waals surface area contributed by atoms with Gasteiger partial charge in [-0.05, 0) is 45.2 Å². The monoisotopic (exact) mass is 313 g/mol. The van der Waals surface area contributed by atoms with Crippen LogP contribution in [0.25, 0.3) is 0 Å². The Morgan fingerprint density at radius 2 is 2.04 bits per heavy atom. The van der Waals surface area contributed by atoms with Crippen molar-refractivity contribution < 1.29 is 4.79 Å². The molecule has 0 atom stereocenters. The first-order valence-electron chi connectivity index (χ1n) is 8.20. The first kappa shape index (κ1) is 17.3. The number of amides is 1. The molecule has 0 saturated heterocycles. The molecule has 2 aromatic rings. The van der Waals surface area contributed by atoms with Crippen molar-refractivity contribution in [3.8, 4) is 0 Å². The lowest BCUT2D eigenvalue weighted by molar-refractivity contribution is -0.133. The van der Waals surface area contributed by atoms with Gasteiger partial charge in [-0.15, -0.1) is 0 Å². The Balaban J connectivity index is 2.00. The maximum Gasteiger partial charge on any atom is 0.223 e. The molecular formula is C19H27N3O. The van der Waals surface area contributed by atoms with E-state index in [2.05, 4.69) is 51.0 Å². The summed E-state index contributed by atoms with van der Waals surface area (Å²) in [7, 11) is 1.89. The van der Waals surface area contributed by atoms with Crippen LogP contribution in [0.1, 0.15) is 42.5 Å².